The smallest absolute Gasteiger partial charge is 0.241 e. The Morgan fingerprint density at radius 2 is 1.39 bits per heavy atom. The third-order valence-corrected chi connectivity index (χ3v) is 18.4. The highest BCUT2D eigenvalue weighted by atomic mass is 28.4. The average molecular weight is 550 g/mol. The summed E-state index contributed by atoms with van der Waals surface area (Å²) in [6, 6.07) is 18.5. The van der Waals surface area contributed by atoms with E-state index in [9.17, 15) is 4.79 Å². The van der Waals surface area contributed by atoms with E-state index < -0.39 is 22.0 Å². The first-order chi connectivity index (χ1) is 17.5. The topological polar surface area (TPSA) is 38.8 Å². The van der Waals surface area contributed by atoms with E-state index in [4.69, 9.17) is 8.85 Å². The molecule has 1 amide bonds. The summed E-state index contributed by atoms with van der Waals surface area (Å²) in [6.07, 6.45) is 4.53. The van der Waals surface area contributed by atoms with Gasteiger partial charge in [0.2, 0.25) is 5.91 Å². The fraction of sp³-hybridized carbons (Fsp3) is 0.531. The van der Waals surface area contributed by atoms with Gasteiger partial charge in [0.25, 0.3) is 0 Å². The molecule has 38 heavy (non-hydrogen) atoms. The van der Waals surface area contributed by atoms with Gasteiger partial charge in [-0.1, -0.05) is 102 Å². The van der Waals surface area contributed by atoms with E-state index in [0.29, 0.717) is 13.0 Å². The Bertz CT molecular complexity index is 1190. The summed E-state index contributed by atoms with van der Waals surface area (Å²) >= 11 is 0. The molecule has 2 aliphatic rings. The fourth-order valence-corrected chi connectivity index (χ4v) is 7.61. The Kier molecular flexibility index (Phi) is 7.54. The molecule has 0 N–H and O–H groups in total. The number of rotatable bonds is 6. The number of fused-ring (bicyclic) bond motifs is 2. The van der Waals surface area contributed by atoms with Crippen molar-refractivity contribution in [2.24, 2.45) is 0 Å². The van der Waals surface area contributed by atoms with Crippen molar-refractivity contribution >= 4 is 28.2 Å². The molecule has 0 unspecified atom stereocenters. The van der Waals surface area contributed by atoms with Crippen LogP contribution in [0.25, 0.3) is 0 Å². The first kappa shape index (κ1) is 29.0. The van der Waals surface area contributed by atoms with Gasteiger partial charge in [-0.3, -0.25) is 4.79 Å². The van der Waals surface area contributed by atoms with Crippen molar-refractivity contribution in [1.29, 1.82) is 0 Å². The molecule has 6 heteroatoms. The quantitative estimate of drug-likeness (QED) is 0.269. The van der Waals surface area contributed by atoms with Gasteiger partial charge in [0.05, 0.1) is 24.2 Å². The van der Waals surface area contributed by atoms with Crippen LogP contribution in [0.2, 0.25) is 36.3 Å². The van der Waals surface area contributed by atoms with Gasteiger partial charge in [-0.05, 0) is 59.9 Å². The highest BCUT2D eigenvalue weighted by molar-refractivity contribution is 6.74. The van der Waals surface area contributed by atoms with Crippen LogP contribution in [0.1, 0.15) is 59.1 Å². The zero-order valence-corrected chi connectivity index (χ0v) is 27.1. The summed E-state index contributed by atoms with van der Waals surface area (Å²) in [5, 5.41) is 0.138. The molecule has 1 aliphatic heterocycles. The molecule has 206 valence electrons. The number of hydrogen-bond acceptors (Lipinski definition) is 3. The Labute approximate surface area is 232 Å². The van der Waals surface area contributed by atoms with E-state index in [1.807, 2.05) is 29.2 Å². The van der Waals surface area contributed by atoms with Crippen LogP contribution in [0.15, 0.2) is 66.7 Å². The largest absolute Gasteiger partial charge is 0.411 e. The average Bonchev–Trinajstić information content (AvgIpc) is 3.03. The second kappa shape index (κ2) is 9.88. The number of carbonyl (C=O) groups excluding carboxylic acids is 1. The summed E-state index contributed by atoms with van der Waals surface area (Å²) in [5.74, 6) is 0.133. The number of amides is 1. The molecule has 0 saturated carbocycles. The normalized spacial score (nSPS) is 24.3. The van der Waals surface area contributed by atoms with Crippen molar-refractivity contribution in [3.8, 4) is 0 Å². The number of hydrogen-bond donors (Lipinski definition) is 0. The molecule has 1 spiro atoms. The summed E-state index contributed by atoms with van der Waals surface area (Å²) in [7, 11) is -4.21. The number of nitrogens with zero attached hydrogens (tertiary/aromatic N) is 1. The summed E-state index contributed by atoms with van der Waals surface area (Å²) in [4.78, 5) is 16.4. The minimum Gasteiger partial charge on any atom is -0.411 e. The van der Waals surface area contributed by atoms with Gasteiger partial charge in [0, 0.05) is 5.69 Å². The molecule has 0 aromatic heterocycles. The van der Waals surface area contributed by atoms with Crippen molar-refractivity contribution in [3.05, 3.63) is 77.9 Å². The minimum atomic E-state index is -2.14. The maximum atomic E-state index is 14.4. The molecule has 0 bridgehead atoms. The van der Waals surface area contributed by atoms with Gasteiger partial charge in [0.15, 0.2) is 16.6 Å². The van der Waals surface area contributed by atoms with Crippen LogP contribution < -0.4 is 4.90 Å². The third-order valence-electron chi connectivity index (χ3n) is 9.43. The van der Waals surface area contributed by atoms with Gasteiger partial charge >= 0.3 is 0 Å². The van der Waals surface area contributed by atoms with Crippen LogP contribution in [-0.4, -0.2) is 34.7 Å². The van der Waals surface area contributed by atoms with E-state index in [1.54, 1.807) is 0 Å². The lowest BCUT2D eigenvalue weighted by Gasteiger charge is -2.47. The maximum absolute atomic E-state index is 14.4. The van der Waals surface area contributed by atoms with Crippen molar-refractivity contribution < 1.29 is 13.6 Å². The van der Waals surface area contributed by atoms with Crippen LogP contribution in [0.4, 0.5) is 5.69 Å². The molecule has 0 radical (unpaired) electrons. The minimum absolute atomic E-state index is 0.0553. The molecule has 2 aromatic rings. The van der Waals surface area contributed by atoms with Crippen molar-refractivity contribution in [2.75, 3.05) is 4.90 Å². The zero-order valence-electron chi connectivity index (χ0n) is 25.1. The molecule has 4 rings (SSSR count). The summed E-state index contributed by atoms with van der Waals surface area (Å²) in [6.45, 7) is 23.4. The Balaban J connectivity index is 1.77. The zero-order chi connectivity index (χ0) is 28.1. The second-order valence-electron chi connectivity index (χ2n) is 14.2. The van der Waals surface area contributed by atoms with Crippen LogP contribution in [0.3, 0.4) is 0 Å². The Morgan fingerprint density at radius 1 is 0.842 bits per heavy atom. The van der Waals surface area contributed by atoms with Crippen LogP contribution in [0.5, 0.6) is 0 Å². The van der Waals surface area contributed by atoms with Crippen molar-refractivity contribution in [3.63, 3.8) is 0 Å². The SMILES string of the molecule is CC(C)(C)[Si](C)(C)O[C@@H]1C=C[C@@]2(C[C@H]1O[Si](C)(C)C(C)(C)C)C(=O)N(Cc1ccccc1)c1ccccc12. The van der Waals surface area contributed by atoms with E-state index >= 15 is 0 Å². The van der Waals surface area contributed by atoms with Gasteiger partial charge < -0.3 is 13.8 Å². The fourth-order valence-electron chi connectivity index (χ4n) is 5.01. The highest BCUT2D eigenvalue weighted by Crippen LogP contribution is 2.51. The van der Waals surface area contributed by atoms with Crippen LogP contribution in [-0.2, 0) is 25.6 Å². The van der Waals surface area contributed by atoms with Gasteiger partial charge in [-0.15, -0.1) is 0 Å². The van der Waals surface area contributed by atoms with Crippen LogP contribution in [0, 0.1) is 0 Å². The van der Waals surface area contributed by atoms with Gasteiger partial charge in [0.1, 0.15) is 0 Å². The summed E-state index contributed by atoms with van der Waals surface area (Å²) in [5.41, 5.74) is 2.46. The molecule has 4 nitrogen and oxygen atoms in total. The first-order valence-electron chi connectivity index (χ1n) is 14.0. The van der Waals surface area contributed by atoms with Gasteiger partial charge in [-0.2, -0.15) is 0 Å². The van der Waals surface area contributed by atoms with Crippen molar-refractivity contribution in [2.45, 2.75) is 108 Å². The number of anilines is 1. The monoisotopic (exact) mass is 549 g/mol. The number of carbonyl (C=O) groups is 1. The number of para-hydroxylation sites is 1. The molecule has 2 aromatic carbocycles. The molecular formula is C32H47NO3Si2. The first-order valence-corrected chi connectivity index (χ1v) is 19.8. The van der Waals surface area contributed by atoms with E-state index in [0.717, 1.165) is 16.8 Å². The standard InChI is InChI=1S/C32H47NO3Si2/c1-30(2,3)37(7,8)35-27-20-21-32(22-28(27)36-38(9,10)31(4,5)6)25-18-14-15-19-26(25)33(29(32)34)23-24-16-12-11-13-17-24/h11-21,27-28H,22-23H2,1-10H3/t27-,28-,32+/m1/s1. The van der Waals surface area contributed by atoms with E-state index in [2.05, 4.69) is 110 Å². The lowest BCUT2D eigenvalue weighted by Crippen LogP contribution is -2.55. The Morgan fingerprint density at radius 3 is 2.00 bits per heavy atom. The summed E-state index contributed by atoms with van der Waals surface area (Å²) < 4.78 is 14.1. The number of benzene rings is 2. The predicted molar refractivity (Wildman–Crippen MR) is 164 cm³/mol. The van der Waals surface area contributed by atoms with Crippen LogP contribution >= 0.6 is 0 Å². The maximum Gasteiger partial charge on any atom is 0.241 e. The third kappa shape index (κ3) is 5.25. The van der Waals surface area contributed by atoms with Crippen molar-refractivity contribution in [1.82, 2.24) is 0 Å². The van der Waals surface area contributed by atoms with E-state index in [-0.39, 0.29) is 28.2 Å². The molecule has 3 atom stereocenters. The molecule has 0 fully saturated rings. The van der Waals surface area contributed by atoms with E-state index in [1.165, 1.54) is 0 Å². The Hall–Kier alpha value is -2.00. The lowest BCUT2D eigenvalue weighted by molar-refractivity contribution is -0.123. The predicted octanol–water partition coefficient (Wildman–Crippen LogP) is 8.21. The molecule has 1 heterocycles. The van der Waals surface area contributed by atoms with Gasteiger partial charge in [-0.25, -0.2) is 0 Å². The molecule has 1 aliphatic carbocycles. The molecule has 0 saturated heterocycles. The lowest BCUT2D eigenvalue weighted by atomic mass is 9.72. The second-order valence-corrected chi connectivity index (χ2v) is 23.7. The molecular weight excluding hydrogens is 503 g/mol. The highest BCUT2D eigenvalue weighted by Gasteiger charge is 2.55.